The molecule has 4 rings (SSSR count). The molecule has 0 bridgehead atoms. The smallest absolute Gasteiger partial charge is 0.406 e. The van der Waals surface area contributed by atoms with Crippen molar-refractivity contribution in [3.05, 3.63) is 47.8 Å². The fourth-order valence-electron chi connectivity index (χ4n) is 4.58. The number of hydrogen-bond donors (Lipinski definition) is 3. The average Bonchev–Trinajstić information content (AvgIpc) is 3.28. The highest BCUT2D eigenvalue weighted by Crippen LogP contribution is 2.28. The van der Waals surface area contributed by atoms with Gasteiger partial charge in [0, 0.05) is 24.4 Å². The number of halogens is 4. The lowest BCUT2D eigenvalue weighted by Gasteiger charge is -2.33. The highest BCUT2D eigenvalue weighted by Gasteiger charge is 2.33. The number of rotatable bonds is 7. The number of methoxy groups -OCH3 is 1. The molecule has 0 radical (unpaired) electrons. The summed E-state index contributed by atoms with van der Waals surface area (Å²) in [7, 11) is -2.05. The van der Waals surface area contributed by atoms with E-state index in [1.807, 2.05) is 0 Å². The van der Waals surface area contributed by atoms with Crippen LogP contribution in [0.15, 0.2) is 41.6 Å². The van der Waals surface area contributed by atoms with Crippen molar-refractivity contribution in [2.45, 2.75) is 36.8 Å². The Kier molecular flexibility index (Phi) is 8.79. The van der Waals surface area contributed by atoms with Crippen LogP contribution in [0, 0.1) is 17.8 Å². The van der Waals surface area contributed by atoms with Crippen LogP contribution >= 0.6 is 0 Å². The number of nitrogens with one attached hydrogen (secondary N) is 3. The highest BCUT2D eigenvalue weighted by atomic mass is 32.2. The standard InChI is InChI=1S/C27H29F4N5O4S/c1-16-12-32-13-20(28)24(16)35-26(37)19-9-17(10-22-25(19)34-15-36(22)14-27(29,30)31)5-4-8-33-21-7-6-18(41(3,38)39)11-23(21)40-2/h6-7,9-11,15-16,20,24,32-33H,8,12-14H2,1-3H3,(H,35,37)/t16-,20-,24+/m0/s1. The van der Waals surface area contributed by atoms with Crippen molar-refractivity contribution in [3.8, 4) is 17.6 Å². The quantitative estimate of drug-likeness (QED) is 0.284. The summed E-state index contributed by atoms with van der Waals surface area (Å²) >= 11 is 0. The molecule has 220 valence electrons. The zero-order valence-electron chi connectivity index (χ0n) is 22.5. The molecule has 2 aromatic carbocycles. The lowest BCUT2D eigenvalue weighted by Crippen LogP contribution is -2.55. The van der Waals surface area contributed by atoms with Crippen LogP contribution in [0.2, 0.25) is 0 Å². The maximum Gasteiger partial charge on any atom is 0.406 e. The van der Waals surface area contributed by atoms with Gasteiger partial charge >= 0.3 is 6.18 Å². The third kappa shape index (κ3) is 7.28. The van der Waals surface area contributed by atoms with Crippen LogP contribution in [0.25, 0.3) is 11.0 Å². The van der Waals surface area contributed by atoms with Crippen molar-refractivity contribution < 1.29 is 35.5 Å². The van der Waals surface area contributed by atoms with Gasteiger partial charge in [0.1, 0.15) is 24.0 Å². The molecular weight excluding hydrogens is 566 g/mol. The summed E-state index contributed by atoms with van der Waals surface area (Å²) in [6.45, 7) is 1.11. The Morgan fingerprint density at radius 1 is 1.24 bits per heavy atom. The first-order chi connectivity index (χ1) is 19.3. The molecule has 0 unspecified atom stereocenters. The molecule has 1 saturated heterocycles. The Hall–Kier alpha value is -3.83. The van der Waals surface area contributed by atoms with Crippen molar-refractivity contribution in [1.29, 1.82) is 0 Å². The molecule has 1 fully saturated rings. The third-order valence-corrected chi connectivity index (χ3v) is 7.74. The summed E-state index contributed by atoms with van der Waals surface area (Å²) in [5, 5.41) is 8.63. The molecule has 0 saturated carbocycles. The van der Waals surface area contributed by atoms with E-state index in [-0.39, 0.29) is 51.8 Å². The van der Waals surface area contributed by atoms with Gasteiger partial charge in [-0.15, -0.1) is 0 Å². The van der Waals surface area contributed by atoms with Gasteiger partial charge in [-0.25, -0.2) is 17.8 Å². The van der Waals surface area contributed by atoms with Crippen molar-refractivity contribution in [1.82, 2.24) is 20.2 Å². The number of carbonyl (C=O) groups is 1. The number of benzene rings is 2. The number of aromatic nitrogens is 2. The summed E-state index contributed by atoms with van der Waals surface area (Å²) in [6.07, 6.45) is -3.78. The number of alkyl halides is 4. The van der Waals surface area contributed by atoms with Gasteiger partial charge in [0.2, 0.25) is 0 Å². The first kappa shape index (κ1) is 30.1. The number of hydrogen-bond acceptors (Lipinski definition) is 7. The van der Waals surface area contributed by atoms with Gasteiger partial charge in [0.05, 0.1) is 47.7 Å². The summed E-state index contributed by atoms with van der Waals surface area (Å²) in [5.41, 5.74) is 0.813. The van der Waals surface area contributed by atoms with Gasteiger partial charge in [0.25, 0.3) is 5.91 Å². The molecule has 41 heavy (non-hydrogen) atoms. The molecule has 9 nitrogen and oxygen atoms in total. The Labute approximate surface area is 234 Å². The Balaban J connectivity index is 1.63. The van der Waals surface area contributed by atoms with E-state index < -0.39 is 40.7 Å². The van der Waals surface area contributed by atoms with Gasteiger partial charge in [-0.3, -0.25) is 4.79 Å². The predicted octanol–water partition coefficient (Wildman–Crippen LogP) is 3.15. The lowest BCUT2D eigenvalue weighted by molar-refractivity contribution is -0.139. The monoisotopic (exact) mass is 595 g/mol. The van der Waals surface area contributed by atoms with Crippen LogP contribution < -0.4 is 20.7 Å². The van der Waals surface area contributed by atoms with Crippen LogP contribution in [0.1, 0.15) is 22.8 Å². The highest BCUT2D eigenvalue weighted by molar-refractivity contribution is 7.90. The maximum atomic E-state index is 14.5. The Morgan fingerprint density at radius 2 is 2.00 bits per heavy atom. The number of amides is 1. The van der Waals surface area contributed by atoms with Crippen molar-refractivity contribution >= 4 is 32.5 Å². The molecule has 1 amide bonds. The fourth-order valence-corrected chi connectivity index (χ4v) is 5.22. The number of ether oxygens (including phenoxy) is 1. The molecule has 1 aliphatic rings. The topological polar surface area (TPSA) is 114 Å². The van der Waals surface area contributed by atoms with E-state index in [2.05, 4.69) is 32.8 Å². The first-order valence-electron chi connectivity index (χ1n) is 12.6. The maximum absolute atomic E-state index is 14.5. The van der Waals surface area contributed by atoms with Gasteiger partial charge in [-0.05, 0) is 36.7 Å². The van der Waals surface area contributed by atoms with E-state index in [1.165, 1.54) is 37.4 Å². The first-order valence-corrected chi connectivity index (χ1v) is 14.5. The minimum Gasteiger partial charge on any atom is -0.495 e. The number of piperidine rings is 1. The van der Waals surface area contributed by atoms with Crippen LogP contribution in [-0.2, 0) is 16.4 Å². The van der Waals surface area contributed by atoms with Gasteiger partial charge in [0.15, 0.2) is 9.84 Å². The number of nitrogens with zero attached hydrogens (tertiary/aromatic N) is 2. The summed E-state index contributed by atoms with van der Waals surface area (Å²) < 4.78 is 83.9. The zero-order valence-corrected chi connectivity index (χ0v) is 23.3. The number of sulfone groups is 1. The number of imidazole rings is 1. The second-order valence-electron chi connectivity index (χ2n) is 9.82. The van der Waals surface area contributed by atoms with Crippen LogP contribution in [-0.4, -0.2) is 75.3 Å². The molecular formula is C27H29F4N5O4S. The van der Waals surface area contributed by atoms with Crippen LogP contribution in [0.3, 0.4) is 0 Å². The molecule has 0 spiro atoms. The normalized spacial score (nSPS) is 19.3. The second kappa shape index (κ2) is 12.0. The van der Waals surface area contributed by atoms with Crippen LogP contribution in [0.4, 0.5) is 23.2 Å². The molecule has 0 aliphatic carbocycles. The Morgan fingerprint density at radius 3 is 2.66 bits per heavy atom. The largest absolute Gasteiger partial charge is 0.495 e. The molecule has 2 heterocycles. The van der Waals surface area contributed by atoms with Crippen molar-refractivity contribution in [2.75, 3.05) is 38.3 Å². The average molecular weight is 596 g/mol. The van der Waals surface area contributed by atoms with Gasteiger partial charge in [-0.2, -0.15) is 13.2 Å². The van der Waals surface area contributed by atoms with Crippen LogP contribution in [0.5, 0.6) is 5.75 Å². The zero-order chi connectivity index (χ0) is 29.9. The van der Waals surface area contributed by atoms with E-state index in [0.29, 0.717) is 12.2 Å². The molecule has 3 aromatic rings. The second-order valence-corrected chi connectivity index (χ2v) is 11.8. The third-order valence-electron chi connectivity index (χ3n) is 6.63. The SMILES string of the molecule is COc1cc(S(C)(=O)=O)ccc1NCC#Cc1cc(C(=O)N[C@@H]2[C@@H](C)CNC[C@@H]2F)c2ncn(CC(F)(F)F)c2c1. The minimum atomic E-state index is -4.53. The van der Waals surface area contributed by atoms with Crippen molar-refractivity contribution in [3.63, 3.8) is 0 Å². The van der Waals surface area contributed by atoms with E-state index in [0.717, 1.165) is 17.2 Å². The van der Waals surface area contributed by atoms with E-state index in [1.54, 1.807) is 6.92 Å². The number of fused-ring (bicyclic) bond motifs is 1. The molecule has 1 aliphatic heterocycles. The van der Waals surface area contributed by atoms with Gasteiger partial charge < -0.3 is 25.3 Å². The number of carbonyl (C=O) groups excluding carboxylic acids is 1. The Bertz CT molecular complexity index is 1600. The summed E-state index contributed by atoms with van der Waals surface area (Å²) in [6, 6.07) is 6.36. The molecule has 3 atom stereocenters. The van der Waals surface area contributed by atoms with E-state index in [4.69, 9.17) is 4.74 Å². The van der Waals surface area contributed by atoms with E-state index >= 15 is 0 Å². The molecule has 3 N–H and O–H groups in total. The fraction of sp³-hybridized carbons (Fsp3) is 0.407. The van der Waals surface area contributed by atoms with Gasteiger partial charge in [-0.1, -0.05) is 18.8 Å². The van der Waals surface area contributed by atoms with Crippen molar-refractivity contribution in [2.24, 2.45) is 5.92 Å². The number of anilines is 1. The minimum absolute atomic E-state index is 0.0170. The predicted molar refractivity (Wildman–Crippen MR) is 145 cm³/mol. The molecule has 1 aromatic heterocycles. The summed E-state index contributed by atoms with van der Waals surface area (Å²) in [4.78, 5) is 17.4. The summed E-state index contributed by atoms with van der Waals surface area (Å²) in [5.74, 6) is 5.10. The lowest BCUT2D eigenvalue weighted by atomic mass is 9.93. The molecule has 14 heteroatoms. The van der Waals surface area contributed by atoms with E-state index in [9.17, 15) is 30.8 Å².